The molecule has 308 valence electrons. The lowest BCUT2D eigenvalue weighted by Crippen LogP contribution is -2.26. The van der Waals surface area contributed by atoms with E-state index in [1.807, 2.05) is 55.5 Å². The first-order valence-corrected chi connectivity index (χ1v) is 19.0. The second-order valence-corrected chi connectivity index (χ2v) is 13.2. The first-order chi connectivity index (χ1) is 28.2. The number of para-hydroxylation sites is 1. The topological polar surface area (TPSA) is 221 Å². The summed E-state index contributed by atoms with van der Waals surface area (Å²) < 4.78 is 34.0. The van der Waals surface area contributed by atoms with Crippen molar-refractivity contribution in [2.75, 3.05) is 19.8 Å². The number of aromatic nitrogens is 6. The average Bonchev–Trinajstić information content (AvgIpc) is 3.83. The quantitative estimate of drug-likeness (QED) is 0.0309. The normalized spacial score (nSPS) is 13.6. The van der Waals surface area contributed by atoms with Crippen molar-refractivity contribution in [1.82, 2.24) is 35.1 Å². The fraction of sp³-hybridized carbons (Fsp3) is 0.410. The van der Waals surface area contributed by atoms with Gasteiger partial charge in [-0.2, -0.15) is 4.98 Å². The van der Waals surface area contributed by atoms with E-state index in [0.29, 0.717) is 54.4 Å². The summed E-state index contributed by atoms with van der Waals surface area (Å²) in [6.07, 6.45) is 2.32. The first kappa shape index (κ1) is 41.5. The van der Waals surface area contributed by atoms with Crippen molar-refractivity contribution >= 4 is 29.3 Å². The van der Waals surface area contributed by atoms with E-state index in [0.717, 1.165) is 53.6 Å². The SMILES string of the molecule is CCOc1nc2cccc(C(=O)OC(C)OC(=O)OC3CCCCC3)c2n1Cc1ccc(-c2ccccc2-c2nnn(COC(=O)OCCCCON(O)O)n2)cc1. The van der Waals surface area contributed by atoms with Gasteiger partial charge >= 0.3 is 18.3 Å². The molecule has 0 amide bonds. The molecule has 1 aliphatic carbocycles. The zero-order chi connectivity index (χ0) is 40.9. The number of esters is 1. The van der Waals surface area contributed by atoms with Gasteiger partial charge in [-0.1, -0.05) is 61.0 Å². The molecule has 1 aliphatic rings. The van der Waals surface area contributed by atoms with Crippen LogP contribution in [0.4, 0.5) is 9.59 Å². The Morgan fingerprint density at radius 2 is 1.64 bits per heavy atom. The van der Waals surface area contributed by atoms with Crippen LogP contribution in [0.3, 0.4) is 0 Å². The van der Waals surface area contributed by atoms with Crippen LogP contribution >= 0.6 is 0 Å². The average molecular weight is 804 g/mol. The third-order valence-electron chi connectivity index (χ3n) is 9.06. The van der Waals surface area contributed by atoms with Crippen LogP contribution in [-0.4, -0.2) is 96.1 Å². The Kier molecular flexibility index (Phi) is 14.5. The maximum Gasteiger partial charge on any atom is 0.511 e. The molecular weight excluding hydrogens is 758 g/mol. The molecule has 1 unspecified atom stereocenters. The fourth-order valence-corrected chi connectivity index (χ4v) is 6.40. The number of tetrazole rings is 1. The monoisotopic (exact) mass is 803 g/mol. The minimum Gasteiger partial charge on any atom is -0.465 e. The molecule has 2 aromatic heterocycles. The zero-order valence-electron chi connectivity index (χ0n) is 32.1. The van der Waals surface area contributed by atoms with Crippen molar-refractivity contribution in [2.24, 2.45) is 0 Å². The van der Waals surface area contributed by atoms with Gasteiger partial charge < -0.3 is 28.4 Å². The molecule has 19 nitrogen and oxygen atoms in total. The van der Waals surface area contributed by atoms with Crippen LogP contribution in [0.2, 0.25) is 0 Å². The lowest BCUT2D eigenvalue weighted by atomic mass is 9.98. The van der Waals surface area contributed by atoms with E-state index < -0.39 is 24.6 Å². The zero-order valence-corrected chi connectivity index (χ0v) is 32.1. The Morgan fingerprint density at radius 1 is 0.879 bits per heavy atom. The van der Waals surface area contributed by atoms with E-state index >= 15 is 0 Å². The molecule has 3 aromatic carbocycles. The smallest absolute Gasteiger partial charge is 0.465 e. The van der Waals surface area contributed by atoms with Gasteiger partial charge in [-0.3, -0.25) is 19.8 Å². The number of unbranched alkanes of at least 4 members (excludes halogenated alkanes) is 1. The Balaban J connectivity index is 1.11. The van der Waals surface area contributed by atoms with Crippen molar-refractivity contribution in [1.29, 1.82) is 0 Å². The van der Waals surface area contributed by atoms with Gasteiger partial charge in [-0.15, -0.1) is 15.0 Å². The highest BCUT2D eigenvalue weighted by Gasteiger charge is 2.25. The number of carbonyl (C=O) groups is 3. The molecule has 58 heavy (non-hydrogen) atoms. The van der Waals surface area contributed by atoms with E-state index in [9.17, 15) is 14.4 Å². The molecule has 1 saturated carbocycles. The number of nitrogens with zero attached hydrogens (tertiary/aromatic N) is 7. The molecule has 0 spiro atoms. The number of rotatable bonds is 18. The number of benzene rings is 3. The first-order valence-electron chi connectivity index (χ1n) is 19.0. The van der Waals surface area contributed by atoms with Gasteiger partial charge in [0, 0.05) is 12.5 Å². The highest BCUT2D eigenvalue weighted by molar-refractivity contribution is 6.02. The van der Waals surface area contributed by atoms with Crippen LogP contribution in [0.25, 0.3) is 33.5 Å². The number of fused-ring (bicyclic) bond motifs is 1. The number of hydrogen-bond acceptors (Lipinski definition) is 17. The molecule has 0 radical (unpaired) electrons. The van der Waals surface area contributed by atoms with E-state index in [1.165, 1.54) is 6.92 Å². The molecule has 0 saturated heterocycles. The van der Waals surface area contributed by atoms with Crippen molar-refractivity contribution < 1.29 is 58.1 Å². The van der Waals surface area contributed by atoms with E-state index in [4.69, 9.17) is 38.8 Å². The summed E-state index contributed by atoms with van der Waals surface area (Å²) in [5, 5.41) is 29.2. The number of imidazole rings is 1. The third kappa shape index (κ3) is 11.2. The summed E-state index contributed by atoms with van der Waals surface area (Å²) in [6.45, 7) is 3.70. The molecule has 19 heteroatoms. The van der Waals surface area contributed by atoms with Gasteiger partial charge in [-0.25, -0.2) is 14.4 Å². The van der Waals surface area contributed by atoms with Crippen LogP contribution in [0.1, 0.15) is 74.7 Å². The van der Waals surface area contributed by atoms with Gasteiger partial charge in [0.2, 0.25) is 18.8 Å². The summed E-state index contributed by atoms with van der Waals surface area (Å²) in [5.74, 6) is -0.388. The van der Waals surface area contributed by atoms with Gasteiger partial charge in [0.25, 0.3) is 6.01 Å². The summed E-state index contributed by atoms with van der Waals surface area (Å²) in [7, 11) is 0. The fourth-order valence-electron chi connectivity index (χ4n) is 6.40. The Bertz CT molecular complexity index is 2130. The van der Waals surface area contributed by atoms with Crippen LogP contribution in [-0.2, 0) is 41.8 Å². The molecule has 0 bridgehead atoms. The molecule has 2 N–H and O–H groups in total. The van der Waals surface area contributed by atoms with Crippen molar-refractivity contribution in [2.45, 2.75) is 84.5 Å². The maximum atomic E-state index is 13.5. The Labute approximate surface area is 332 Å². The lowest BCUT2D eigenvalue weighted by molar-refractivity contribution is -0.492. The highest BCUT2D eigenvalue weighted by Crippen LogP contribution is 2.32. The molecule has 2 heterocycles. The number of hydrogen-bond donors (Lipinski definition) is 2. The second-order valence-electron chi connectivity index (χ2n) is 13.2. The minimum atomic E-state index is -1.19. The van der Waals surface area contributed by atoms with Gasteiger partial charge in [-0.05, 0) is 79.5 Å². The lowest BCUT2D eigenvalue weighted by Gasteiger charge is -2.22. The van der Waals surface area contributed by atoms with Crippen LogP contribution in [0.5, 0.6) is 6.01 Å². The third-order valence-corrected chi connectivity index (χ3v) is 9.06. The minimum absolute atomic E-state index is 0.0287. The number of ether oxygens (including phenoxy) is 6. The van der Waals surface area contributed by atoms with Crippen LogP contribution < -0.4 is 4.74 Å². The summed E-state index contributed by atoms with van der Waals surface area (Å²) in [4.78, 5) is 48.1. The largest absolute Gasteiger partial charge is 0.511 e. The predicted molar refractivity (Wildman–Crippen MR) is 201 cm³/mol. The molecule has 1 fully saturated rings. The predicted octanol–water partition coefficient (Wildman–Crippen LogP) is 6.70. The standard InChI is InChI=1S/C39H45N7O12/c1-3-52-37-40-33-17-11-16-32(36(47)56-26(2)57-39(49)58-29-12-5-4-6-13-29)34(33)44(37)24-27-18-20-28(21-19-27)30-14-7-8-15-31(30)35-41-43-45(42-35)25-54-38(48)53-22-9-10-23-55-46(50)51/h7-8,11,14-21,26,29,50-51H,3-6,9-10,12-13,22-25H2,1-2H3. The molecule has 5 aromatic rings. The maximum absolute atomic E-state index is 13.5. The Hall–Kier alpha value is -6.15. The molecular formula is C39H45N7O12. The van der Waals surface area contributed by atoms with E-state index in [-0.39, 0.29) is 37.0 Å². The van der Waals surface area contributed by atoms with Crippen molar-refractivity contribution in [3.8, 4) is 28.5 Å². The molecule has 0 aliphatic heterocycles. The van der Waals surface area contributed by atoms with Crippen LogP contribution in [0.15, 0.2) is 66.7 Å². The summed E-state index contributed by atoms with van der Waals surface area (Å²) in [5.41, 5.74) is 4.52. The summed E-state index contributed by atoms with van der Waals surface area (Å²) in [6, 6.07) is 20.8. The molecule has 1 atom stereocenters. The summed E-state index contributed by atoms with van der Waals surface area (Å²) >= 11 is 0. The van der Waals surface area contributed by atoms with Gasteiger partial charge in [0.05, 0.1) is 48.4 Å². The van der Waals surface area contributed by atoms with E-state index in [1.54, 1.807) is 22.8 Å². The Morgan fingerprint density at radius 3 is 2.40 bits per heavy atom. The number of carbonyl (C=O) groups excluding carboxylic acids is 3. The second kappa shape index (κ2) is 20.3. The highest BCUT2D eigenvalue weighted by atomic mass is 17.1. The van der Waals surface area contributed by atoms with Crippen molar-refractivity contribution in [3.05, 3.63) is 77.9 Å². The van der Waals surface area contributed by atoms with Gasteiger partial charge in [0.1, 0.15) is 6.10 Å². The van der Waals surface area contributed by atoms with Gasteiger partial charge in [0.15, 0.2) is 0 Å². The molecule has 6 rings (SSSR count). The van der Waals surface area contributed by atoms with E-state index in [2.05, 4.69) is 25.2 Å². The van der Waals surface area contributed by atoms with Crippen LogP contribution in [0, 0.1) is 0 Å². The van der Waals surface area contributed by atoms with Crippen molar-refractivity contribution in [3.63, 3.8) is 0 Å².